The normalized spacial score (nSPS) is 9.71. The summed E-state index contributed by atoms with van der Waals surface area (Å²) in [6, 6.07) is 8.98. The monoisotopic (exact) mass is 204 g/mol. The second kappa shape index (κ2) is 3.48. The number of nitrogens with one attached hydrogen (secondary N) is 1. The van der Waals surface area contributed by atoms with Crippen LogP contribution in [0.1, 0.15) is 5.82 Å². The van der Waals surface area contributed by atoms with Crippen LogP contribution in [0.4, 0.5) is 0 Å². The average molecular weight is 205 g/mol. The lowest BCUT2D eigenvalue weighted by molar-refractivity contribution is 1.07. The van der Waals surface area contributed by atoms with Crippen molar-refractivity contribution in [1.82, 2.24) is 15.2 Å². The third kappa shape index (κ3) is 1.58. The van der Waals surface area contributed by atoms with Crippen LogP contribution in [0.15, 0.2) is 24.3 Å². The maximum atomic E-state index is 8.53. The number of H-pyrrole nitrogens is 1. The minimum Gasteiger partial charge on any atom is -0.258 e. The van der Waals surface area contributed by atoms with E-state index in [1.165, 1.54) is 0 Å². The van der Waals surface area contributed by atoms with E-state index < -0.39 is 0 Å². The van der Waals surface area contributed by atoms with E-state index in [-0.39, 0.29) is 5.82 Å². The van der Waals surface area contributed by atoms with Gasteiger partial charge in [-0.2, -0.15) is 10.2 Å². The third-order valence-electron chi connectivity index (χ3n) is 1.70. The molecule has 0 atom stereocenters. The Morgan fingerprint density at radius 2 is 2.00 bits per heavy atom. The van der Waals surface area contributed by atoms with E-state index in [0.29, 0.717) is 10.8 Å². The Morgan fingerprint density at radius 1 is 1.29 bits per heavy atom. The summed E-state index contributed by atoms with van der Waals surface area (Å²) in [4.78, 5) is 3.96. The standard InChI is InChI=1S/C9H5ClN4/c10-7-3-1-6(2-4-7)9-12-8(5-11)13-14-9/h1-4H,(H,12,13,14). The van der Waals surface area contributed by atoms with Gasteiger partial charge in [-0.25, -0.2) is 0 Å². The predicted molar refractivity (Wildman–Crippen MR) is 51.5 cm³/mol. The summed E-state index contributed by atoms with van der Waals surface area (Å²) in [5, 5.41) is 15.6. The predicted octanol–water partition coefficient (Wildman–Crippen LogP) is 2.00. The van der Waals surface area contributed by atoms with Crippen LogP contribution in [0.5, 0.6) is 0 Å². The van der Waals surface area contributed by atoms with E-state index in [2.05, 4.69) is 15.2 Å². The number of benzene rings is 1. The van der Waals surface area contributed by atoms with Gasteiger partial charge in [-0.3, -0.25) is 5.10 Å². The second-order valence-electron chi connectivity index (χ2n) is 2.63. The highest BCUT2D eigenvalue weighted by Crippen LogP contribution is 2.17. The van der Waals surface area contributed by atoms with Crippen molar-refractivity contribution in [2.75, 3.05) is 0 Å². The number of aromatic amines is 1. The van der Waals surface area contributed by atoms with Crippen molar-refractivity contribution >= 4 is 11.6 Å². The molecular weight excluding hydrogens is 200 g/mol. The largest absolute Gasteiger partial charge is 0.258 e. The van der Waals surface area contributed by atoms with Gasteiger partial charge in [0, 0.05) is 10.6 Å². The van der Waals surface area contributed by atoms with Gasteiger partial charge in [0.1, 0.15) is 6.07 Å². The van der Waals surface area contributed by atoms with Crippen molar-refractivity contribution in [1.29, 1.82) is 5.26 Å². The van der Waals surface area contributed by atoms with Crippen LogP contribution in [0.3, 0.4) is 0 Å². The van der Waals surface area contributed by atoms with Crippen molar-refractivity contribution in [3.05, 3.63) is 35.1 Å². The van der Waals surface area contributed by atoms with Crippen LogP contribution in [-0.4, -0.2) is 15.2 Å². The van der Waals surface area contributed by atoms with Gasteiger partial charge >= 0.3 is 0 Å². The summed E-state index contributed by atoms with van der Waals surface area (Å²) < 4.78 is 0. The molecule has 0 aliphatic carbocycles. The Morgan fingerprint density at radius 3 is 2.57 bits per heavy atom. The Labute approximate surface area is 85.2 Å². The Bertz CT molecular complexity index is 480. The zero-order valence-electron chi connectivity index (χ0n) is 7.03. The molecule has 2 aromatic rings. The van der Waals surface area contributed by atoms with Crippen LogP contribution in [-0.2, 0) is 0 Å². The SMILES string of the molecule is N#Cc1n[nH]c(-c2ccc(Cl)cc2)n1. The minimum absolute atomic E-state index is 0.134. The van der Waals surface area contributed by atoms with E-state index in [4.69, 9.17) is 16.9 Å². The van der Waals surface area contributed by atoms with E-state index >= 15 is 0 Å². The molecule has 1 aromatic heterocycles. The minimum atomic E-state index is 0.134. The Hall–Kier alpha value is -1.86. The lowest BCUT2D eigenvalue weighted by Gasteiger charge is -1.94. The number of aromatic nitrogens is 3. The maximum Gasteiger partial charge on any atom is 0.252 e. The van der Waals surface area contributed by atoms with E-state index in [1.807, 2.05) is 18.2 Å². The van der Waals surface area contributed by atoms with Crippen molar-refractivity contribution in [3.8, 4) is 17.5 Å². The summed E-state index contributed by atoms with van der Waals surface area (Å²) in [5.41, 5.74) is 0.850. The fraction of sp³-hybridized carbons (Fsp3) is 0. The molecule has 14 heavy (non-hydrogen) atoms. The van der Waals surface area contributed by atoms with Crippen molar-refractivity contribution in [2.45, 2.75) is 0 Å². The summed E-state index contributed by atoms with van der Waals surface area (Å²) in [6.45, 7) is 0. The van der Waals surface area contributed by atoms with Gasteiger partial charge < -0.3 is 0 Å². The molecule has 0 saturated heterocycles. The Balaban J connectivity index is 2.40. The zero-order chi connectivity index (χ0) is 9.97. The summed E-state index contributed by atoms with van der Waals surface area (Å²) in [5.74, 6) is 0.702. The molecular formula is C9H5ClN4. The van der Waals surface area contributed by atoms with Gasteiger partial charge in [-0.15, -0.1) is 5.10 Å². The van der Waals surface area contributed by atoms with Crippen LogP contribution in [0, 0.1) is 11.3 Å². The highest BCUT2D eigenvalue weighted by atomic mass is 35.5. The van der Waals surface area contributed by atoms with Crippen LogP contribution in [0.2, 0.25) is 5.02 Å². The second-order valence-corrected chi connectivity index (χ2v) is 3.06. The molecule has 1 aromatic carbocycles. The van der Waals surface area contributed by atoms with Gasteiger partial charge in [-0.1, -0.05) is 11.6 Å². The molecule has 0 bridgehead atoms. The van der Waals surface area contributed by atoms with Crippen LogP contribution < -0.4 is 0 Å². The number of halogens is 1. The molecule has 0 amide bonds. The number of nitriles is 1. The smallest absolute Gasteiger partial charge is 0.252 e. The lowest BCUT2D eigenvalue weighted by atomic mass is 10.2. The van der Waals surface area contributed by atoms with Gasteiger partial charge in [0.2, 0.25) is 0 Å². The quantitative estimate of drug-likeness (QED) is 0.773. The maximum absolute atomic E-state index is 8.53. The van der Waals surface area contributed by atoms with Crippen LogP contribution >= 0.6 is 11.6 Å². The van der Waals surface area contributed by atoms with Gasteiger partial charge in [-0.05, 0) is 24.3 Å². The zero-order valence-corrected chi connectivity index (χ0v) is 7.78. The molecule has 0 aliphatic rings. The highest BCUT2D eigenvalue weighted by molar-refractivity contribution is 6.30. The topological polar surface area (TPSA) is 65.4 Å². The van der Waals surface area contributed by atoms with E-state index in [9.17, 15) is 0 Å². The molecule has 0 spiro atoms. The molecule has 0 radical (unpaired) electrons. The first kappa shape index (κ1) is 8.73. The first-order valence-corrected chi connectivity index (χ1v) is 4.26. The van der Waals surface area contributed by atoms with Crippen molar-refractivity contribution < 1.29 is 0 Å². The van der Waals surface area contributed by atoms with E-state index in [0.717, 1.165) is 5.56 Å². The van der Waals surface area contributed by atoms with Crippen molar-refractivity contribution in [3.63, 3.8) is 0 Å². The number of rotatable bonds is 1. The first-order chi connectivity index (χ1) is 6.79. The van der Waals surface area contributed by atoms with Gasteiger partial charge in [0.15, 0.2) is 5.82 Å². The molecule has 0 unspecified atom stereocenters. The summed E-state index contributed by atoms with van der Waals surface area (Å²) >= 11 is 5.73. The molecule has 2 rings (SSSR count). The fourth-order valence-corrected chi connectivity index (χ4v) is 1.17. The number of nitrogens with zero attached hydrogens (tertiary/aromatic N) is 3. The molecule has 68 valence electrons. The first-order valence-electron chi connectivity index (χ1n) is 3.88. The molecule has 4 nitrogen and oxygen atoms in total. The molecule has 0 saturated carbocycles. The molecule has 0 fully saturated rings. The molecule has 0 aliphatic heterocycles. The number of hydrogen-bond donors (Lipinski definition) is 1. The summed E-state index contributed by atoms with van der Waals surface area (Å²) in [7, 11) is 0. The molecule has 1 heterocycles. The van der Waals surface area contributed by atoms with Gasteiger partial charge in [0.25, 0.3) is 5.82 Å². The Kier molecular flexibility index (Phi) is 2.17. The lowest BCUT2D eigenvalue weighted by Crippen LogP contribution is -1.79. The molecule has 1 N–H and O–H groups in total. The van der Waals surface area contributed by atoms with Crippen LogP contribution in [0.25, 0.3) is 11.4 Å². The fourth-order valence-electron chi connectivity index (χ4n) is 1.05. The average Bonchev–Trinajstić information content (AvgIpc) is 2.67. The number of hydrogen-bond acceptors (Lipinski definition) is 3. The van der Waals surface area contributed by atoms with E-state index in [1.54, 1.807) is 12.1 Å². The molecule has 5 heteroatoms. The summed E-state index contributed by atoms with van der Waals surface area (Å²) in [6.07, 6.45) is 0. The van der Waals surface area contributed by atoms with Gasteiger partial charge in [0.05, 0.1) is 0 Å². The third-order valence-corrected chi connectivity index (χ3v) is 1.96. The highest BCUT2D eigenvalue weighted by Gasteiger charge is 2.03. The van der Waals surface area contributed by atoms with Crippen molar-refractivity contribution in [2.24, 2.45) is 0 Å².